The summed E-state index contributed by atoms with van der Waals surface area (Å²) in [6, 6.07) is 6.88. The van der Waals surface area contributed by atoms with Crippen LogP contribution in [0, 0.1) is 6.92 Å². The van der Waals surface area contributed by atoms with E-state index < -0.39 is 0 Å². The number of nitrogens with zero attached hydrogens (tertiary/aromatic N) is 3. The van der Waals surface area contributed by atoms with E-state index in [1.807, 2.05) is 24.8 Å². The third-order valence-corrected chi connectivity index (χ3v) is 4.71. The molecule has 1 fully saturated rings. The van der Waals surface area contributed by atoms with E-state index in [0.717, 1.165) is 5.56 Å². The molecule has 0 aliphatic carbocycles. The van der Waals surface area contributed by atoms with Gasteiger partial charge in [-0.3, -0.25) is 14.2 Å². The molecule has 3 rings (SSSR count). The summed E-state index contributed by atoms with van der Waals surface area (Å²) in [4.78, 5) is 31.8. The van der Waals surface area contributed by atoms with Crippen molar-refractivity contribution in [3.63, 3.8) is 0 Å². The molecule has 0 bridgehead atoms. The van der Waals surface area contributed by atoms with Gasteiger partial charge in [0.15, 0.2) is 0 Å². The molecule has 0 saturated carbocycles. The summed E-state index contributed by atoms with van der Waals surface area (Å²) in [5, 5.41) is 3.23. The molecule has 1 saturated heterocycles. The number of anilines is 2. The van der Waals surface area contributed by atoms with Gasteiger partial charge in [0.2, 0.25) is 11.9 Å². The Kier molecular flexibility index (Phi) is 6.13. The van der Waals surface area contributed by atoms with Crippen molar-refractivity contribution in [2.75, 3.05) is 36.5 Å². The maximum Gasteiger partial charge on any atom is 0.255 e. The van der Waals surface area contributed by atoms with Gasteiger partial charge in [-0.1, -0.05) is 24.6 Å². The Morgan fingerprint density at radius 2 is 2.04 bits per heavy atom. The monoisotopic (exact) mass is 390 g/mol. The number of aromatic nitrogens is 2. The van der Waals surface area contributed by atoms with E-state index in [4.69, 9.17) is 16.3 Å². The summed E-state index contributed by atoms with van der Waals surface area (Å²) in [7, 11) is 0. The van der Waals surface area contributed by atoms with Crippen LogP contribution in [0.25, 0.3) is 0 Å². The van der Waals surface area contributed by atoms with Crippen LogP contribution < -0.4 is 15.8 Å². The second-order valence-corrected chi connectivity index (χ2v) is 6.86. The van der Waals surface area contributed by atoms with Gasteiger partial charge in [-0.05, 0) is 31.0 Å². The predicted molar refractivity (Wildman–Crippen MR) is 106 cm³/mol. The van der Waals surface area contributed by atoms with Crippen LogP contribution in [-0.2, 0) is 22.5 Å². The molecule has 2 heterocycles. The predicted octanol–water partition coefficient (Wildman–Crippen LogP) is 2.24. The fourth-order valence-electron chi connectivity index (χ4n) is 2.93. The summed E-state index contributed by atoms with van der Waals surface area (Å²) in [5.41, 5.74) is 1.99. The number of nitrogens with one attached hydrogen (secondary N) is 1. The number of aryl methyl sites for hydroxylation is 2. The molecule has 0 unspecified atom stereocenters. The smallest absolute Gasteiger partial charge is 0.255 e. The molecule has 1 aromatic carbocycles. The molecule has 144 valence electrons. The van der Waals surface area contributed by atoms with Crippen LogP contribution in [0.15, 0.2) is 29.1 Å². The number of benzene rings is 1. The normalized spacial score (nSPS) is 14.3. The van der Waals surface area contributed by atoms with E-state index >= 15 is 0 Å². The molecule has 2 aromatic rings. The first-order chi connectivity index (χ1) is 13.0. The van der Waals surface area contributed by atoms with Crippen molar-refractivity contribution < 1.29 is 9.53 Å². The van der Waals surface area contributed by atoms with Crippen molar-refractivity contribution in [3.05, 3.63) is 50.9 Å². The first-order valence-corrected chi connectivity index (χ1v) is 9.35. The number of carbonyl (C=O) groups excluding carboxylic acids is 1. The minimum absolute atomic E-state index is 0.132. The van der Waals surface area contributed by atoms with Gasteiger partial charge in [0, 0.05) is 24.8 Å². The molecule has 1 aliphatic rings. The lowest BCUT2D eigenvalue weighted by molar-refractivity contribution is -0.116. The molecule has 1 N–H and O–H groups in total. The van der Waals surface area contributed by atoms with Gasteiger partial charge >= 0.3 is 0 Å². The van der Waals surface area contributed by atoms with E-state index in [-0.39, 0.29) is 18.0 Å². The Hall–Kier alpha value is -2.38. The SMILES string of the molecule is CCc1cc(=O)n(CC(=O)Nc2ccc(C)cc2Cl)c(N2CCOCC2)n1. The number of amides is 1. The zero-order valence-corrected chi connectivity index (χ0v) is 16.3. The summed E-state index contributed by atoms with van der Waals surface area (Å²) in [6.07, 6.45) is 0.651. The zero-order chi connectivity index (χ0) is 19.4. The number of rotatable bonds is 5. The molecule has 1 aliphatic heterocycles. The second kappa shape index (κ2) is 8.54. The van der Waals surface area contributed by atoms with Crippen LogP contribution in [0.1, 0.15) is 18.2 Å². The van der Waals surface area contributed by atoms with Crippen molar-refractivity contribution in [2.24, 2.45) is 0 Å². The summed E-state index contributed by atoms with van der Waals surface area (Å²) in [5.74, 6) is 0.177. The van der Waals surface area contributed by atoms with Crippen molar-refractivity contribution in [2.45, 2.75) is 26.8 Å². The highest BCUT2D eigenvalue weighted by molar-refractivity contribution is 6.33. The molecule has 1 amide bonds. The molecule has 1 aromatic heterocycles. The van der Waals surface area contributed by atoms with Gasteiger partial charge in [-0.2, -0.15) is 0 Å². The molecule has 0 spiro atoms. The number of halogens is 1. The fraction of sp³-hybridized carbons (Fsp3) is 0.421. The lowest BCUT2D eigenvalue weighted by Gasteiger charge is -2.29. The minimum Gasteiger partial charge on any atom is -0.378 e. The topological polar surface area (TPSA) is 76.5 Å². The highest BCUT2D eigenvalue weighted by Crippen LogP contribution is 2.22. The van der Waals surface area contributed by atoms with Crippen LogP contribution in [0.5, 0.6) is 0 Å². The number of morpholine rings is 1. The average molecular weight is 391 g/mol. The van der Waals surface area contributed by atoms with Gasteiger partial charge in [-0.15, -0.1) is 0 Å². The van der Waals surface area contributed by atoms with Crippen molar-refractivity contribution >= 4 is 29.1 Å². The van der Waals surface area contributed by atoms with Crippen LogP contribution in [0.3, 0.4) is 0 Å². The molecule has 0 radical (unpaired) electrons. The Labute approximate surface area is 162 Å². The third-order valence-electron chi connectivity index (χ3n) is 4.40. The summed E-state index contributed by atoms with van der Waals surface area (Å²) < 4.78 is 6.78. The van der Waals surface area contributed by atoms with E-state index in [9.17, 15) is 9.59 Å². The van der Waals surface area contributed by atoms with Gasteiger partial charge in [0.05, 0.1) is 23.9 Å². The van der Waals surface area contributed by atoms with E-state index in [2.05, 4.69) is 10.3 Å². The quantitative estimate of drug-likeness (QED) is 0.847. The Morgan fingerprint density at radius 1 is 1.30 bits per heavy atom. The average Bonchev–Trinajstić information content (AvgIpc) is 2.66. The number of hydrogen-bond acceptors (Lipinski definition) is 5. The molecular weight excluding hydrogens is 368 g/mol. The van der Waals surface area contributed by atoms with Gasteiger partial charge in [0.1, 0.15) is 6.54 Å². The third kappa shape index (κ3) is 4.67. The van der Waals surface area contributed by atoms with E-state index in [1.165, 1.54) is 10.6 Å². The van der Waals surface area contributed by atoms with Gasteiger partial charge < -0.3 is 15.0 Å². The van der Waals surface area contributed by atoms with E-state index in [0.29, 0.717) is 55.1 Å². The van der Waals surface area contributed by atoms with E-state index in [1.54, 1.807) is 12.1 Å². The Bertz CT molecular complexity index is 891. The fourth-order valence-corrected chi connectivity index (χ4v) is 3.21. The van der Waals surface area contributed by atoms with Crippen molar-refractivity contribution in [1.29, 1.82) is 0 Å². The number of ether oxygens (including phenoxy) is 1. The van der Waals surface area contributed by atoms with Gasteiger partial charge in [-0.25, -0.2) is 4.98 Å². The first-order valence-electron chi connectivity index (χ1n) is 8.97. The second-order valence-electron chi connectivity index (χ2n) is 6.46. The lowest BCUT2D eigenvalue weighted by Crippen LogP contribution is -2.42. The molecule has 27 heavy (non-hydrogen) atoms. The standard InChI is InChI=1S/C19H23ClN4O3/c1-3-14-11-18(26)24(19(21-14)23-6-8-27-9-7-23)12-17(25)22-16-5-4-13(2)10-15(16)20/h4-5,10-11H,3,6-9,12H2,1-2H3,(H,22,25). The minimum atomic E-state index is -0.330. The zero-order valence-electron chi connectivity index (χ0n) is 15.5. The lowest BCUT2D eigenvalue weighted by atomic mass is 10.2. The van der Waals surface area contributed by atoms with Crippen LogP contribution in [0.2, 0.25) is 5.02 Å². The van der Waals surface area contributed by atoms with Crippen LogP contribution in [-0.4, -0.2) is 41.8 Å². The maximum absolute atomic E-state index is 12.6. The highest BCUT2D eigenvalue weighted by atomic mass is 35.5. The summed E-state index contributed by atoms with van der Waals surface area (Å²) >= 11 is 6.18. The molecular formula is C19H23ClN4O3. The van der Waals surface area contributed by atoms with Crippen molar-refractivity contribution in [1.82, 2.24) is 9.55 Å². The van der Waals surface area contributed by atoms with Gasteiger partial charge in [0.25, 0.3) is 5.56 Å². The molecule has 7 nitrogen and oxygen atoms in total. The molecule has 8 heteroatoms. The molecule has 0 atom stereocenters. The number of hydrogen-bond donors (Lipinski definition) is 1. The summed E-state index contributed by atoms with van der Waals surface area (Å²) in [6.45, 7) is 6.13. The van der Waals surface area contributed by atoms with Crippen LogP contribution >= 0.6 is 11.6 Å². The van der Waals surface area contributed by atoms with Crippen molar-refractivity contribution in [3.8, 4) is 0 Å². The highest BCUT2D eigenvalue weighted by Gasteiger charge is 2.20. The van der Waals surface area contributed by atoms with Crippen LogP contribution in [0.4, 0.5) is 11.6 Å². The number of carbonyl (C=O) groups is 1. The maximum atomic E-state index is 12.6. The Morgan fingerprint density at radius 3 is 2.70 bits per heavy atom. The Balaban J connectivity index is 1.86. The first kappa shape index (κ1) is 19.4. The largest absolute Gasteiger partial charge is 0.378 e.